The molecule has 0 saturated carbocycles. The van der Waals surface area contributed by atoms with Crippen LogP contribution in [-0.2, 0) is 14.9 Å². The van der Waals surface area contributed by atoms with Crippen LogP contribution in [-0.4, -0.2) is 27.5 Å². The van der Waals surface area contributed by atoms with Crippen LogP contribution in [0.15, 0.2) is 77.7 Å². The number of rotatable bonds is 6. The molecule has 0 spiro atoms. The molecule has 3 rings (SSSR count). The molecule has 3 aromatic carbocycles. The van der Waals surface area contributed by atoms with Crippen LogP contribution in [0.4, 0.5) is 16.2 Å². The first-order valence-corrected chi connectivity index (χ1v) is 10.6. The third-order valence-corrected chi connectivity index (χ3v) is 5.40. The van der Waals surface area contributed by atoms with Crippen LogP contribution in [0.3, 0.4) is 0 Å². The summed E-state index contributed by atoms with van der Waals surface area (Å²) < 4.78 is 34.9. The Balaban J connectivity index is 1.83. The Kier molecular flexibility index (Phi) is 6.56. The Labute approximate surface area is 179 Å². The van der Waals surface area contributed by atoms with E-state index in [0.29, 0.717) is 5.69 Å². The molecule has 0 aliphatic heterocycles. The summed E-state index contributed by atoms with van der Waals surface area (Å²) in [5.41, 5.74) is 1.66. The van der Waals surface area contributed by atoms with Crippen LogP contribution in [0.1, 0.15) is 15.9 Å². The quantitative estimate of drug-likeness (QED) is 0.439. The van der Waals surface area contributed by atoms with E-state index in [-0.39, 0.29) is 21.9 Å². The number of carbonyl (C=O) groups is 2. The van der Waals surface area contributed by atoms with Crippen molar-refractivity contribution in [1.29, 1.82) is 0 Å². The molecule has 0 aliphatic rings. The average Bonchev–Trinajstić information content (AvgIpc) is 2.74. The van der Waals surface area contributed by atoms with Crippen LogP contribution in [0.5, 0.6) is 5.75 Å². The molecule has 2 amide bonds. The summed E-state index contributed by atoms with van der Waals surface area (Å²) in [5, 5.41) is 5.26. The molecule has 0 radical (unpaired) electrons. The first kappa shape index (κ1) is 21.8. The highest BCUT2D eigenvalue weighted by Gasteiger charge is 2.22. The lowest BCUT2D eigenvalue weighted by Gasteiger charge is -2.13. The molecule has 8 nitrogen and oxygen atoms in total. The van der Waals surface area contributed by atoms with Gasteiger partial charge in [0.05, 0.1) is 7.11 Å². The van der Waals surface area contributed by atoms with Crippen LogP contribution in [0.2, 0.25) is 0 Å². The fourth-order valence-electron chi connectivity index (χ4n) is 2.72. The van der Waals surface area contributed by atoms with Crippen molar-refractivity contribution >= 4 is 33.5 Å². The molecular weight excluding hydrogens is 420 g/mol. The lowest BCUT2D eigenvalue weighted by atomic mass is 10.2. The molecule has 31 heavy (non-hydrogen) atoms. The van der Waals surface area contributed by atoms with E-state index in [4.69, 9.17) is 8.92 Å². The highest BCUT2D eigenvalue weighted by atomic mass is 32.2. The maximum atomic E-state index is 12.5. The van der Waals surface area contributed by atoms with E-state index in [2.05, 4.69) is 10.6 Å². The Morgan fingerprint density at radius 1 is 0.839 bits per heavy atom. The van der Waals surface area contributed by atoms with Crippen LogP contribution in [0.25, 0.3) is 0 Å². The predicted octanol–water partition coefficient (Wildman–Crippen LogP) is 4.19. The Morgan fingerprint density at radius 3 is 2.16 bits per heavy atom. The van der Waals surface area contributed by atoms with Gasteiger partial charge >= 0.3 is 22.1 Å². The summed E-state index contributed by atoms with van der Waals surface area (Å²) in [5.74, 6) is -1.04. The van der Waals surface area contributed by atoms with Crippen molar-refractivity contribution in [1.82, 2.24) is 0 Å². The summed E-state index contributed by atoms with van der Waals surface area (Å²) in [6.45, 7) is 1.90. The standard InChI is InChI=1S/C22H20N2O6S/c1-15-7-6-8-16(13-15)23-22(26)24-17-11-12-20(19(14-17)21(25)29-2)30-31(27,28)18-9-4-3-5-10-18/h3-14H,1-2H3,(H2,23,24,26). The van der Waals surface area contributed by atoms with Gasteiger partial charge in [-0.3, -0.25) is 0 Å². The van der Waals surface area contributed by atoms with Gasteiger partial charge in [0.2, 0.25) is 0 Å². The lowest BCUT2D eigenvalue weighted by Crippen LogP contribution is -2.20. The maximum Gasteiger partial charge on any atom is 0.341 e. The molecule has 160 valence electrons. The van der Waals surface area contributed by atoms with E-state index in [9.17, 15) is 18.0 Å². The van der Waals surface area contributed by atoms with Crippen molar-refractivity contribution in [3.63, 3.8) is 0 Å². The zero-order valence-corrected chi connectivity index (χ0v) is 17.6. The molecule has 0 bridgehead atoms. The zero-order chi connectivity index (χ0) is 22.4. The summed E-state index contributed by atoms with van der Waals surface area (Å²) in [4.78, 5) is 24.4. The molecule has 9 heteroatoms. The number of ether oxygens (including phenoxy) is 1. The van der Waals surface area contributed by atoms with Gasteiger partial charge in [-0.1, -0.05) is 30.3 Å². The van der Waals surface area contributed by atoms with Crippen molar-refractivity contribution in [2.24, 2.45) is 0 Å². The molecule has 0 aromatic heterocycles. The second-order valence-electron chi connectivity index (χ2n) is 6.50. The molecule has 0 atom stereocenters. The van der Waals surface area contributed by atoms with E-state index >= 15 is 0 Å². The van der Waals surface area contributed by atoms with Crippen molar-refractivity contribution in [3.8, 4) is 5.75 Å². The average molecular weight is 440 g/mol. The molecule has 0 unspecified atom stereocenters. The number of carbonyl (C=O) groups excluding carboxylic acids is 2. The van der Waals surface area contributed by atoms with Gasteiger partial charge in [-0.05, 0) is 55.0 Å². The third kappa shape index (κ3) is 5.61. The predicted molar refractivity (Wildman–Crippen MR) is 116 cm³/mol. The highest BCUT2D eigenvalue weighted by molar-refractivity contribution is 7.87. The number of esters is 1. The second-order valence-corrected chi connectivity index (χ2v) is 8.05. The number of benzene rings is 3. The van der Waals surface area contributed by atoms with E-state index in [1.165, 1.54) is 30.3 Å². The minimum absolute atomic E-state index is 0.0643. The monoisotopic (exact) mass is 440 g/mol. The lowest BCUT2D eigenvalue weighted by molar-refractivity contribution is 0.0599. The van der Waals surface area contributed by atoms with E-state index in [0.717, 1.165) is 12.7 Å². The second kappa shape index (κ2) is 9.31. The van der Waals surface area contributed by atoms with Crippen molar-refractivity contribution in [3.05, 3.63) is 83.9 Å². The number of aryl methyl sites for hydroxylation is 1. The van der Waals surface area contributed by atoms with Crippen molar-refractivity contribution < 1.29 is 26.9 Å². The van der Waals surface area contributed by atoms with E-state index in [1.807, 2.05) is 13.0 Å². The number of hydrogen-bond acceptors (Lipinski definition) is 6. The first-order chi connectivity index (χ1) is 14.8. The minimum atomic E-state index is -4.17. The molecular formula is C22H20N2O6S. The van der Waals surface area contributed by atoms with Gasteiger partial charge in [-0.2, -0.15) is 8.42 Å². The van der Waals surface area contributed by atoms with Gasteiger partial charge in [0.15, 0.2) is 5.75 Å². The van der Waals surface area contributed by atoms with Gasteiger partial charge in [0.25, 0.3) is 0 Å². The number of amides is 2. The first-order valence-electron chi connectivity index (χ1n) is 9.15. The number of nitrogens with one attached hydrogen (secondary N) is 2. The highest BCUT2D eigenvalue weighted by Crippen LogP contribution is 2.27. The Bertz CT molecular complexity index is 1210. The summed E-state index contributed by atoms with van der Waals surface area (Å²) in [6.07, 6.45) is 0. The number of urea groups is 1. The smallest absolute Gasteiger partial charge is 0.341 e. The maximum absolute atomic E-state index is 12.5. The molecule has 3 aromatic rings. The SMILES string of the molecule is COC(=O)c1cc(NC(=O)Nc2cccc(C)c2)ccc1OS(=O)(=O)c1ccccc1. The number of anilines is 2. The van der Waals surface area contributed by atoms with Crippen molar-refractivity contribution in [2.75, 3.05) is 17.7 Å². The molecule has 2 N–H and O–H groups in total. The summed E-state index contributed by atoms with van der Waals surface area (Å²) >= 11 is 0. The van der Waals surface area contributed by atoms with Gasteiger partial charge < -0.3 is 19.6 Å². The van der Waals surface area contributed by atoms with Gasteiger partial charge in [-0.25, -0.2) is 9.59 Å². The Hall–Kier alpha value is -3.85. The summed E-state index contributed by atoms with van der Waals surface area (Å²) in [7, 11) is -3.01. The number of methoxy groups -OCH3 is 1. The molecule has 0 heterocycles. The van der Waals surface area contributed by atoms with E-state index < -0.39 is 22.1 Å². The van der Waals surface area contributed by atoms with Crippen molar-refractivity contribution in [2.45, 2.75) is 11.8 Å². The number of hydrogen-bond donors (Lipinski definition) is 2. The molecule has 0 saturated heterocycles. The summed E-state index contributed by atoms with van der Waals surface area (Å²) in [6, 6.07) is 18.2. The van der Waals surface area contributed by atoms with Gasteiger partial charge in [-0.15, -0.1) is 0 Å². The fraction of sp³-hybridized carbons (Fsp3) is 0.0909. The van der Waals surface area contributed by atoms with Crippen LogP contribution >= 0.6 is 0 Å². The van der Waals surface area contributed by atoms with Gasteiger partial charge in [0, 0.05) is 11.4 Å². The minimum Gasteiger partial charge on any atom is -0.465 e. The Morgan fingerprint density at radius 2 is 1.52 bits per heavy atom. The topological polar surface area (TPSA) is 111 Å². The van der Waals surface area contributed by atoms with Crippen LogP contribution in [0, 0.1) is 6.92 Å². The zero-order valence-electron chi connectivity index (χ0n) is 16.8. The third-order valence-electron chi connectivity index (χ3n) is 4.15. The molecule has 0 aliphatic carbocycles. The largest absolute Gasteiger partial charge is 0.465 e. The van der Waals surface area contributed by atoms with Gasteiger partial charge in [0.1, 0.15) is 10.5 Å². The normalized spacial score (nSPS) is 10.8. The van der Waals surface area contributed by atoms with E-state index in [1.54, 1.807) is 36.4 Å². The molecule has 0 fully saturated rings. The fourth-order valence-corrected chi connectivity index (χ4v) is 3.69. The van der Waals surface area contributed by atoms with Crippen LogP contribution < -0.4 is 14.8 Å².